The lowest BCUT2D eigenvalue weighted by Gasteiger charge is -2.01. The number of nitrogens with zero attached hydrogens (tertiary/aromatic N) is 1. The van der Waals surface area contributed by atoms with Gasteiger partial charge in [-0.15, -0.1) is 0 Å². The van der Waals surface area contributed by atoms with Gasteiger partial charge >= 0.3 is 0 Å². The Labute approximate surface area is 88.3 Å². The minimum atomic E-state index is 0.743. The van der Waals surface area contributed by atoms with Crippen LogP contribution >= 0.6 is 0 Å². The highest BCUT2D eigenvalue weighted by atomic mass is 16.1. The van der Waals surface area contributed by atoms with Gasteiger partial charge in [0.2, 0.25) is 0 Å². The zero-order chi connectivity index (χ0) is 10.5. The van der Waals surface area contributed by atoms with E-state index in [4.69, 9.17) is 0 Å². The summed E-state index contributed by atoms with van der Waals surface area (Å²) in [7, 11) is 0. The highest BCUT2D eigenvalue weighted by Gasteiger charge is 1.98. The van der Waals surface area contributed by atoms with Crippen molar-refractivity contribution in [2.24, 2.45) is 0 Å². The Morgan fingerprint density at radius 3 is 2.93 bits per heavy atom. The average Bonchev–Trinajstić information content (AvgIpc) is 2.30. The van der Waals surface area contributed by atoms with Gasteiger partial charge in [-0.25, -0.2) is 0 Å². The molecule has 0 N–H and O–H groups in total. The number of carbonyl (C=O) groups excluding carboxylic acids is 1. The number of carbonyl (C=O) groups is 1. The topological polar surface area (TPSA) is 30.0 Å². The van der Waals surface area contributed by atoms with Crippen LogP contribution in [0.4, 0.5) is 0 Å². The molecule has 2 nitrogen and oxygen atoms in total. The third-order valence-electron chi connectivity index (χ3n) is 2.27. The van der Waals surface area contributed by atoms with Crippen LogP contribution in [0.1, 0.15) is 5.56 Å². The SMILES string of the molecule is O=C/C=C/Cc1cccc2cccnc12. The van der Waals surface area contributed by atoms with Crippen molar-refractivity contribution in [2.45, 2.75) is 6.42 Å². The molecule has 0 aliphatic heterocycles. The standard InChI is InChI=1S/C13H11NO/c15-10-2-1-5-11-6-3-7-12-8-4-9-14-13(11)12/h1-4,6-10H,5H2/b2-1+. The van der Waals surface area contributed by atoms with Crippen LogP contribution in [-0.2, 0) is 11.2 Å². The van der Waals surface area contributed by atoms with Gasteiger partial charge in [-0.1, -0.05) is 30.3 Å². The van der Waals surface area contributed by atoms with E-state index in [1.165, 1.54) is 6.08 Å². The maximum atomic E-state index is 10.2. The molecule has 0 atom stereocenters. The minimum absolute atomic E-state index is 0.743. The molecule has 0 aliphatic carbocycles. The van der Waals surface area contributed by atoms with Crippen LogP contribution in [-0.4, -0.2) is 11.3 Å². The van der Waals surface area contributed by atoms with E-state index in [0.29, 0.717) is 0 Å². The molecule has 1 aromatic heterocycles. The lowest BCUT2D eigenvalue weighted by Crippen LogP contribution is -1.86. The second-order valence-electron chi connectivity index (χ2n) is 3.26. The molecule has 0 amide bonds. The first-order valence-corrected chi connectivity index (χ1v) is 4.85. The van der Waals surface area contributed by atoms with Crippen molar-refractivity contribution in [2.75, 3.05) is 0 Å². The molecule has 0 unspecified atom stereocenters. The highest BCUT2D eigenvalue weighted by Crippen LogP contribution is 2.16. The smallest absolute Gasteiger partial charge is 0.142 e. The van der Waals surface area contributed by atoms with Crippen molar-refractivity contribution < 1.29 is 4.79 Å². The van der Waals surface area contributed by atoms with Crippen LogP contribution in [0.15, 0.2) is 48.7 Å². The van der Waals surface area contributed by atoms with Gasteiger partial charge in [-0.05, 0) is 24.1 Å². The van der Waals surface area contributed by atoms with Crippen LogP contribution in [0.2, 0.25) is 0 Å². The van der Waals surface area contributed by atoms with E-state index in [2.05, 4.69) is 4.98 Å². The van der Waals surface area contributed by atoms with Crippen LogP contribution in [0.3, 0.4) is 0 Å². The van der Waals surface area contributed by atoms with Crippen LogP contribution in [0, 0.1) is 0 Å². The zero-order valence-electron chi connectivity index (χ0n) is 8.26. The van der Waals surface area contributed by atoms with Gasteiger partial charge in [0, 0.05) is 11.6 Å². The number of hydrogen-bond donors (Lipinski definition) is 0. The molecule has 2 rings (SSSR count). The summed E-state index contributed by atoms with van der Waals surface area (Å²) in [4.78, 5) is 14.5. The number of aldehydes is 1. The molecule has 0 radical (unpaired) electrons. The maximum Gasteiger partial charge on any atom is 0.142 e. The third-order valence-corrected chi connectivity index (χ3v) is 2.27. The first kappa shape index (κ1) is 9.59. The predicted octanol–water partition coefficient (Wildman–Crippen LogP) is 2.53. The Morgan fingerprint density at radius 1 is 1.20 bits per heavy atom. The van der Waals surface area contributed by atoms with Gasteiger partial charge in [0.25, 0.3) is 0 Å². The maximum absolute atomic E-state index is 10.2. The third kappa shape index (κ3) is 2.10. The van der Waals surface area contributed by atoms with Gasteiger partial charge in [0.15, 0.2) is 0 Å². The van der Waals surface area contributed by atoms with E-state index >= 15 is 0 Å². The monoisotopic (exact) mass is 197 g/mol. The average molecular weight is 197 g/mol. The van der Waals surface area contributed by atoms with Crippen molar-refractivity contribution in [3.05, 3.63) is 54.2 Å². The fourth-order valence-corrected chi connectivity index (χ4v) is 1.58. The van der Waals surface area contributed by atoms with Crippen molar-refractivity contribution in [3.63, 3.8) is 0 Å². The fraction of sp³-hybridized carbons (Fsp3) is 0.0769. The van der Waals surface area contributed by atoms with Crippen molar-refractivity contribution in [3.8, 4) is 0 Å². The molecule has 1 aromatic carbocycles. The summed E-state index contributed by atoms with van der Waals surface area (Å²) < 4.78 is 0. The summed E-state index contributed by atoms with van der Waals surface area (Å²) >= 11 is 0. The van der Waals surface area contributed by atoms with Crippen molar-refractivity contribution in [1.29, 1.82) is 0 Å². The number of pyridine rings is 1. The quantitative estimate of drug-likeness (QED) is 0.559. The molecule has 0 spiro atoms. The lowest BCUT2D eigenvalue weighted by atomic mass is 10.1. The minimum Gasteiger partial charge on any atom is -0.299 e. The van der Waals surface area contributed by atoms with E-state index in [1.54, 1.807) is 6.20 Å². The van der Waals surface area contributed by atoms with Gasteiger partial charge in [-0.2, -0.15) is 0 Å². The normalized spacial score (nSPS) is 10.9. The van der Waals surface area contributed by atoms with Gasteiger partial charge in [0.05, 0.1) is 5.52 Å². The molecule has 0 fully saturated rings. The highest BCUT2D eigenvalue weighted by molar-refractivity contribution is 5.81. The number of hydrogen-bond acceptors (Lipinski definition) is 2. The van der Waals surface area contributed by atoms with Crippen molar-refractivity contribution in [1.82, 2.24) is 4.98 Å². The number of rotatable bonds is 3. The van der Waals surface area contributed by atoms with Crippen LogP contribution in [0.25, 0.3) is 10.9 Å². The van der Waals surface area contributed by atoms with E-state index < -0.39 is 0 Å². The van der Waals surface area contributed by atoms with E-state index in [9.17, 15) is 4.79 Å². The molecule has 0 bridgehead atoms. The lowest BCUT2D eigenvalue weighted by molar-refractivity contribution is -0.104. The summed E-state index contributed by atoms with van der Waals surface area (Å²) in [5, 5.41) is 1.13. The molecule has 0 saturated heterocycles. The Kier molecular flexibility index (Phi) is 2.88. The first-order valence-electron chi connectivity index (χ1n) is 4.85. The predicted molar refractivity (Wildman–Crippen MR) is 60.7 cm³/mol. The number of benzene rings is 1. The summed E-state index contributed by atoms with van der Waals surface area (Å²) in [6.07, 6.45) is 6.68. The summed E-state index contributed by atoms with van der Waals surface area (Å²) in [5.74, 6) is 0. The number of aromatic nitrogens is 1. The zero-order valence-corrected chi connectivity index (χ0v) is 8.26. The number of fused-ring (bicyclic) bond motifs is 1. The largest absolute Gasteiger partial charge is 0.299 e. The van der Waals surface area contributed by atoms with Gasteiger partial charge in [-0.3, -0.25) is 9.78 Å². The second kappa shape index (κ2) is 4.51. The first-order chi connectivity index (χ1) is 7.42. The molecule has 0 aliphatic rings. The molecule has 0 saturated carbocycles. The Morgan fingerprint density at radius 2 is 2.07 bits per heavy atom. The van der Waals surface area contributed by atoms with Crippen LogP contribution in [0.5, 0.6) is 0 Å². The van der Waals surface area contributed by atoms with Gasteiger partial charge in [0.1, 0.15) is 6.29 Å². The van der Waals surface area contributed by atoms with Crippen LogP contribution < -0.4 is 0 Å². The molecular formula is C13H11NO. The molecule has 2 heteroatoms. The Hall–Kier alpha value is -1.96. The number of allylic oxidation sites excluding steroid dienone is 2. The van der Waals surface area contributed by atoms with Crippen molar-refractivity contribution >= 4 is 17.2 Å². The summed E-state index contributed by atoms with van der Waals surface area (Å²) in [6.45, 7) is 0. The fourth-order valence-electron chi connectivity index (χ4n) is 1.58. The Balaban J connectivity index is 2.42. The van der Waals surface area contributed by atoms with E-state index in [0.717, 1.165) is 29.2 Å². The summed E-state index contributed by atoms with van der Waals surface area (Å²) in [6, 6.07) is 10.0. The molecule has 74 valence electrons. The molecule has 2 aromatic rings. The van der Waals surface area contributed by atoms with E-state index in [1.807, 2.05) is 36.4 Å². The second-order valence-corrected chi connectivity index (χ2v) is 3.26. The van der Waals surface area contributed by atoms with E-state index in [-0.39, 0.29) is 0 Å². The Bertz CT molecular complexity index is 497. The number of para-hydroxylation sites is 1. The summed E-state index contributed by atoms with van der Waals surface area (Å²) in [5.41, 5.74) is 2.15. The molecule has 15 heavy (non-hydrogen) atoms. The molecular weight excluding hydrogens is 186 g/mol. The molecule has 1 heterocycles. The van der Waals surface area contributed by atoms with Gasteiger partial charge < -0.3 is 0 Å².